The monoisotopic (exact) mass is 518 g/mol. The van der Waals surface area contributed by atoms with Gasteiger partial charge in [-0.15, -0.1) is 5.10 Å². The predicted molar refractivity (Wildman–Crippen MR) is 143 cm³/mol. The summed E-state index contributed by atoms with van der Waals surface area (Å²) in [7, 11) is 3.27. The van der Waals surface area contributed by atoms with Crippen molar-refractivity contribution in [3.63, 3.8) is 0 Å². The summed E-state index contributed by atoms with van der Waals surface area (Å²) >= 11 is 0. The summed E-state index contributed by atoms with van der Waals surface area (Å²) in [4.78, 5) is 18.5. The zero-order valence-corrected chi connectivity index (χ0v) is 22.1. The van der Waals surface area contributed by atoms with Crippen LogP contribution in [0.2, 0.25) is 0 Å². The average Bonchev–Trinajstić information content (AvgIpc) is 3.62. The first kappa shape index (κ1) is 25.9. The summed E-state index contributed by atoms with van der Waals surface area (Å²) in [6, 6.07) is 15.5. The van der Waals surface area contributed by atoms with E-state index in [1.807, 2.05) is 53.2 Å². The van der Waals surface area contributed by atoms with Crippen molar-refractivity contribution in [2.45, 2.75) is 58.0 Å². The fourth-order valence-electron chi connectivity index (χ4n) is 5.10. The van der Waals surface area contributed by atoms with Crippen LogP contribution in [0, 0.1) is 0 Å². The van der Waals surface area contributed by atoms with Crippen LogP contribution in [0.25, 0.3) is 10.9 Å². The minimum absolute atomic E-state index is 0.112. The van der Waals surface area contributed by atoms with Gasteiger partial charge in [0.15, 0.2) is 5.82 Å². The average molecular weight is 519 g/mol. The topological polar surface area (TPSA) is 107 Å². The number of aromatic amines is 1. The van der Waals surface area contributed by atoms with Gasteiger partial charge in [0.05, 0.1) is 38.4 Å². The molecular weight excluding hydrogens is 484 g/mol. The lowest BCUT2D eigenvalue weighted by Gasteiger charge is -2.30. The van der Waals surface area contributed by atoms with Crippen LogP contribution in [-0.2, 0) is 24.4 Å². The Bertz CT molecular complexity index is 1410. The molecule has 0 radical (unpaired) electrons. The number of benzene rings is 2. The first-order chi connectivity index (χ1) is 18.6. The lowest BCUT2D eigenvalue weighted by molar-refractivity contribution is 0.0888. The van der Waals surface area contributed by atoms with Crippen molar-refractivity contribution in [3.05, 3.63) is 75.8 Å². The minimum Gasteiger partial charge on any atom is -0.497 e. The standard InChI is InChI=1S/C28H34N6O4/c1-4-26(27-30-31-32-34(27)18-24-6-5-13-38-24)33(16-19-7-10-22(36-2)11-8-19)17-21-14-20-9-12-23(37-3)15-25(20)29-28(21)35/h7-12,14-15,24,26H,4-6,13,16-18H2,1-3H3,(H,29,35)/t24-,26+/m1/s1. The number of tetrazole rings is 1. The molecule has 0 saturated carbocycles. The molecule has 2 aromatic carbocycles. The highest BCUT2D eigenvalue weighted by atomic mass is 16.5. The van der Waals surface area contributed by atoms with E-state index in [2.05, 4.69) is 32.3 Å². The number of nitrogens with zero attached hydrogens (tertiary/aromatic N) is 5. The number of hydrogen-bond donors (Lipinski definition) is 1. The van der Waals surface area contributed by atoms with Crippen molar-refractivity contribution in [2.75, 3.05) is 20.8 Å². The third kappa shape index (κ3) is 5.71. The van der Waals surface area contributed by atoms with Crippen LogP contribution < -0.4 is 15.0 Å². The van der Waals surface area contributed by atoms with Gasteiger partial charge in [-0.05, 0) is 71.0 Å². The SMILES string of the molecule is CC[C@@H](c1nnnn1C[C@H]1CCCO1)N(Cc1ccc(OC)cc1)Cc1cc2ccc(OC)cc2[nH]c1=O. The Kier molecular flexibility index (Phi) is 8.00. The third-order valence-electron chi connectivity index (χ3n) is 7.13. The maximum atomic E-state index is 13.2. The molecule has 2 atom stereocenters. The molecule has 1 aliphatic rings. The molecule has 38 heavy (non-hydrogen) atoms. The number of ether oxygens (including phenoxy) is 3. The molecular formula is C28H34N6O4. The molecule has 0 amide bonds. The number of pyridine rings is 1. The number of methoxy groups -OCH3 is 2. The molecule has 1 fully saturated rings. The number of fused-ring (bicyclic) bond motifs is 1. The van der Waals surface area contributed by atoms with Crippen LogP contribution >= 0.6 is 0 Å². The smallest absolute Gasteiger partial charge is 0.252 e. The second kappa shape index (κ2) is 11.7. The van der Waals surface area contributed by atoms with Gasteiger partial charge in [0.2, 0.25) is 0 Å². The van der Waals surface area contributed by atoms with E-state index >= 15 is 0 Å². The van der Waals surface area contributed by atoms with Gasteiger partial charge in [-0.2, -0.15) is 0 Å². The van der Waals surface area contributed by atoms with Gasteiger partial charge >= 0.3 is 0 Å². The van der Waals surface area contributed by atoms with Crippen LogP contribution in [0.4, 0.5) is 0 Å². The second-order valence-corrected chi connectivity index (χ2v) is 9.61. The predicted octanol–water partition coefficient (Wildman–Crippen LogP) is 3.86. The third-order valence-corrected chi connectivity index (χ3v) is 7.13. The van der Waals surface area contributed by atoms with Crippen molar-refractivity contribution >= 4 is 10.9 Å². The molecule has 1 saturated heterocycles. The van der Waals surface area contributed by atoms with E-state index in [0.29, 0.717) is 30.9 Å². The lowest BCUT2D eigenvalue weighted by Crippen LogP contribution is -2.33. The van der Waals surface area contributed by atoms with Gasteiger partial charge in [-0.1, -0.05) is 19.1 Å². The largest absolute Gasteiger partial charge is 0.497 e. The number of hydrogen-bond acceptors (Lipinski definition) is 8. The summed E-state index contributed by atoms with van der Waals surface area (Å²) in [6.45, 7) is 4.55. The van der Waals surface area contributed by atoms with E-state index in [1.54, 1.807) is 14.2 Å². The molecule has 0 aliphatic carbocycles. The molecule has 1 N–H and O–H groups in total. The van der Waals surface area contributed by atoms with E-state index in [9.17, 15) is 4.79 Å². The summed E-state index contributed by atoms with van der Waals surface area (Å²) in [5.74, 6) is 2.28. The Balaban J connectivity index is 1.49. The Morgan fingerprint density at radius 2 is 1.89 bits per heavy atom. The van der Waals surface area contributed by atoms with Crippen LogP contribution in [0.1, 0.15) is 49.2 Å². The van der Waals surface area contributed by atoms with E-state index in [0.717, 1.165) is 53.9 Å². The quantitative estimate of drug-likeness (QED) is 0.319. The number of rotatable bonds is 11. The molecule has 0 unspecified atom stereocenters. The van der Waals surface area contributed by atoms with Gasteiger partial charge in [0, 0.05) is 31.3 Å². The van der Waals surface area contributed by atoms with Gasteiger partial charge in [-0.25, -0.2) is 4.68 Å². The number of H-pyrrole nitrogens is 1. The van der Waals surface area contributed by atoms with Crippen molar-refractivity contribution in [3.8, 4) is 11.5 Å². The molecule has 1 aliphatic heterocycles. The maximum Gasteiger partial charge on any atom is 0.252 e. The second-order valence-electron chi connectivity index (χ2n) is 9.61. The van der Waals surface area contributed by atoms with Gasteiger partial charge in [0.25, 0.3) is 5.56 Å². The first-order valence-corrected chi connectivity index (χ1v) is 13.0. The summed E-state index contributed by atoms with van der Waals surface area (Å²) < 4.78 is 18.4. The fraction of sp³-hybridized carbons (Fsp3) is 0.429. The Labute approximate surface area is 221 Å². The van der Waals surface area contributed by atoms with Crippen LogP contribution in [0.3, 0.4) is 0 Å². The molecule has 0 bridgehead atoms. The number of nitrogens with one attached hydrogen (secondary N) is 1. The van der Waals surface area contributed by atoms with E-state index in [-0.39, 0.29) is 17.7 Å². The van der Waals surface area contributed by atoms with Crippen LogP contribution in [0.15, 0.2) is 53.3 Å². The molecule has 2 aromatic heterocycles. The van der Waals surface area contributed by atoms with E-state index < -0.39 is 0 Å². The van der Waals surface area contributed by atoms with Crippen molar-refractivity contribution in [1.29, 1.82) is 0 Å². The minimum atomic E-state index is -0.126. The highest BCUT2D eigenvalue weighted by Crippen LogP contribution is 2.28. The van der Waals surface area contributed by atoms with Gasteiger partial charge in [-0.3, -0.25) is 9.69 Å². The summed E-state index contributed by atoms with van der Waals surface area (Å²) in [5.41, 5.74) is 2.39. The highest BCUT2D eigenvalue weighted by Gasteiger charge is 2.28. The number of aromatic nitrogens is 5. The Hall–Kier alpha value is -3.76. The molecule has 200 valence electrons. The molecule has 5 rings (SSSR count). The molecule has 4 aromatic rings. The van der Waals surface area contributed by atoms with Crippen LogP contribution in [0.5, 0.6) is 11.5 Å². The van der Waals surface area contributed by atoms with Crippen LogP contribution in [-0.4, -0.2) is 57.0 Å². The zero-order chi connectivity index (χ0) is 26.5. The fourth-order valence-corrected chi connectivity index (χ4v) is 5.10. The lowest BCUT2D eigenvalue weighted by atomic mass is 10.1. The van der Waals surface area contributed by atoms with Crippen molar-refractivity contribution < 1.29 is 14.2 Å². The molecule has 10 nitrogen and oxygen atoms in total. The first-order valence-electron chi connectivity index (χ1n) is 13.0. The van der Waals surface area contributed by atoms with Crippen molar-refractivity contribution in [2.24, 2.45) is 0 Å². The summed E-state index contributed by atoms with van der Waals surface area (Å²) in [5, 5.41) is 13.7. The van der Waals surface area contributed by atoms with E-state index in [1.165, 1.54) is 0 Å². The van der Waals surface area contributed by atoms with Gasteiger partial charge < -0.3 is 19.2 Å². The molecule has 0 spiro atoms. The van der Waals surface area contributed by atoms with Crippen molar-refractivity contribution in [1.82, 2.24) is 30.1 Å². The molecule has 10 heteroatoms. The molecule has 3 heterocycles. The Morgan fingerprint density at radius 3 is 2.61 bits per heavy atom. The van der Waals surface area contributed by atoms with E-state index in [4.69, 9.17) is 14.2 Å². The normalized spacial score (nSPS) is 16.3. The summed E-state index contributed by atoms with van der Waals surface area (Å²) in [6.07, 6.45) is 2.94. The zero-order valence-electron chi connectivity index (χ0n) is 22.1. The highest BCUT2D eigenvalue weighted by molar-refractivity contribution is 5.80. The van der Waals surface area contributed by atoms with Gasteiger partial charge in [0.1, 0.15) is 11.5 Å². The maximum absolute atomic E-state index is 13.2. The Morgan fingerprint density at radius 1 is 1.11 bits per heavy atom.